The van der Waals surface area contributed by atoms with E-state index >= 15 is 0 Å². The lowest BCUT2D eigenvalue weighted by Gasteiger charge is -2.04. The Morgan fingerprint density at radius 2 is 2.35 bits per heavy atom. The van der Waals surface area contributed by atoms with Crippen molar-refractivity contribution in [2.24, 2.45) is 0 Å². The van der Waals surface area contributed by atoms with Gasteiger partial charge in [0, 0.05) is 6.54 Å². The lowest BCUT2D eigenvalue weighted by atomic mass is 10.1. The van der Waals surface area contributed by atoms with Gasteiger partial charge in [0.25, 0.3) is 0 Å². The second kappa shape index (κ2) is 5.20. The largest absolute Gasteiger partial charge is 0.497 e. The number of H-pyrrole nitrogens is 1. The highest BCUT2D eigenvalue weighted by atomic mass is 16.5. The zero-order chi connectivity index (χ0) is 12.1. The third-order valence-electron chi connectivity index (χ3n) is 2.33. The van der Waals surface area contributed by atoms with Crippen LogP contribution >= 0.6 is 0 Å². The lowest BCUT2D eigenvalue weighted by Crippen LogP contribution is -2.06. The summed E-state index contributed by atoms with van der Waals surface area (Å²) in [5, 5.41) is 9.53. The van der Waals surface area contributed by atoms with Crippen molar-refractivity contribution in [1.82, 2.24) is 15.2 Å². The van der Waals surface area contributed by atoms with E-state index in [4.69, 9.17) is 10.5 Å². The molecule has 6 heteroatoms. The quantitative estimate of drug-likeness (QED) is 0.718. The molecule has 0 fully saturated rings. The second-order valence-corrected chi connectivity index (χ2v) is 3.57. The van der Waals surface area contributed by atoms with Crippen molar-refractivity contribution in [1.29, 1.82) is 0 Å². The van der Waals surface area contributed by atoms with Crippen LogP contribution in [-0.4, -0.2) is 28.8 Å². The molecular weight excluding hydrogens is 218 g/mol. The van der Waals surface area contributed by atoms with Crippen molar-refractivity contribution in [2.45, 2.75) is 6.42 Å². The van der Waals surface area contributed by atoms with Gasteiger partial charge in [0.05, 0.1) is 7.11 Å². The van der Waals surface area contributed by atoms with E-state index in [9.17, 15) is 0 Å². The molecule has 2 rings (SSSR count). The van der Waals surface area contributed by atoms with E-state index in [0.717, 1.165) is 18.7 Å². The fourth-order valence-corrected chi connectivity index (χ4v) is 1.50. The van der Waals surface area contributed by atoms with Gasteiger partial charge in [-0.05, 0) is 24.1 Å². The van der Waals surface area contributed by atoms with Crippen molar-refractivity contribution in [3.8, 4) is 5.75 Å². The van der Waals surface area contributed by atoms with Crippen LogP contribution in [0.15, 0.2) is 24.3 Å². The molecule has 0 radical (unpaired) electrons. The summed E-state index contributed by atoms with van der Waals surface area (Å²) >= 11 is 0. The number of rotatable bonds is 5. The minimum atomic E-state index is 0.314. The van der Waals surface area contributed by atoms with Crippen molar-refractivity contribution in [3.05, 3.63) is 29.8 Å². The third kappa shape index (κ3) is 3.10. The van der Waals surface area contributed by atoms with Gasteiger partial charge >= 0.3 is 0 Å². The maximum atomic E-state index is 5.41. The molecule has 0 bridgehead atoms. The van der Waals surface area contributed by atoms with Gasteiger partial charge < -0.3 is 15.8 Å². The molecule has 0 unspecified atom stereocenters. The number of hydrogen-bond acceptors (Lipinski definition) is 5. The van der Waals surface area contributed by atoms with E-state index in [1.807, 2.05) is 18.2 Å². The fraction of sp³-hybridized carbons (Fsp3) is 0.273. The number of aromatic nitrogens is 3. The van der Waals surface area contributed by atoms with Crippen molar-refractivity contribution in [2.75, 3.05) is 24.7 Å². The Morgan fingerprint density at radius 3 is 3.06 bits per heavy atom. The second-order valence-electron chi connectivity index (χ2n) is 3.57. The van der Waals surface area contributed by atoms with E-state index in [1.54, 1.807) is 7.11 Å². The highest BCUT2D eigenvalue weighted by Gasteiger charge is 1.99. The summed E-state index contributed by atoms with van der Waals surface area (Å²) in [6.45, 7) is 0.741. The van der Waals surface area contributed by atoms with Crippen LogP contribution in [0.4, 0.5) is 11.9 Å². The van der Waals surface area contributed by atoms with E-state index in [1.165, 1.54) is 5.56 Å². The zero-order valence-corrected chi connectivity index (χ0v) is 9.60. The molecule has 1 heterocycles. The normalized spacial score (nSPS) is 10.2. The fourth-order valence-electron chi connectivity index (χ4n) is 1.50. The van der Waals surface area contributed by atoms with Gasteiger partial charge in [0.15, 0.2) is 0 Å². The molecular formula is C11H15N5O. The van der Waals surface area contributed by atoms with Crippen LogP contribution in [0.5, 0.6) is 5.75 Å². The monoisotopic (exact) mass is 233 g/mol. The number of nitrogens with two attached hydrogens (primary N) is 1. The average Bonchev–Trinajstić information content (AvgIpc) is 2.75. The lowest BCUT2D eigenvalue weighted by molar-refractivity contribution is 0.414. The Morgan fingerprint density at radius 1 is 1.47 bits per heavy atom. The molecule has 2 aromatic rings. The van der Waals surface area contributed by atoms with E-state index < -0.39 is 0 Å². The minimum Gasteiger partial charge on any atom is -0.497 e. The number of nitrogens with one attached hydrogen (secondary N) is 2. The number of methoxy groups -OCH3 is 1. The molecule has 0 spiro atoms. The molecule has 0 saturated heterocycles. The number of anilines is 2. The molecule has 0 aliphatic rings. The van der Waals surface area contributed by atoms with Gasteiger partial charge in [-0.1, -0.05) is 12.1 Å². The summed E-state index contributed by atoms with van der Waals surface area (Å²) in [7, 11) is 1.66. The maximum absolute atomic E-state index is 5.41. The number of nitrogens with zero attached hydrogens (tertiary/aromatic N) is 2. The molecule has 17 heavy (non-hydrogen) atoms. The zero-order valence-electron chi connectivity index (χ0n) is 9.60. The van der Waals surface area contributed by atoms with Gasteiger partial charge in [-0.3, -0.25) is 0 Å². The Kier molecular flexibility index (Phi) is 3.44. The summed E-state index contributed by atoms with van der Waals surface area (Å²) in [4.78, 5) is 3.95. The summed E-state index contributed by atoms with van der Waals surface area (Å²) in [5.41, 5.74) is 6.61. The van der Waals surface area contributed by atoms with Gasteiger partial charge in [-0.25, -0.2) is 5.10 Å². The number of aromatic amines is 1. The molecule has 6 nitrogen and oxygen atoms in total. The number of nitrogen functional groups attached to an aromatic ring is 1. The Labute approximate surface area is 99.2 Å². The van der Waals surface area contributed by atoms with E-state index in [-0.39, 0.29) is 0 Å². The number of benzene rings is 1. The first-order chi connectivity index (χ1) is 8.28. The smallest absolute Gasteiger partial charge is 0.243 e. The third-order valence-corrected chi connectivity index (χ3v) is 2.33. The highest BCUT2D eigenvalue weighted by molar-refractivity contribution is 5.32. The van der Waals surface area contributed by atoms with Crippen LogP contribution in [0, 0.1) is 0 Å². The maximum Gasteiger partial charge on any atom is 0.243 e. The van der Waals surface area contributed by atoms with Crippen molar-refractivity contribution < 1.29 is 4.74 Å². The molecule has 4 N–H and O–H groups in total. The first-order valence-electron chi connectivity index (χ1n) is 5.32. The molecule has 0 atom stereocenters. The molecule has 1 aromatic carbocycles. The van der Waals surface area contributed by atoms with E-state index in [2.05, 4.69) is 26.6 Å². The molecule has 0 aliphatic heterocycles. The van der Waals surface area contributed by atoms with Crippen LogP contribution in [0.3, 0.4) is 0 Å². The standard InChI is InChI=1S/C11H15N5O/c1-17-9-4-2-3-8(7-9)5-6-13-11-14-10(12)15-16-11/h2-4,7H,5-6H2,1H3,(H4,12,13,14,15,16). The van der Waals surface area contributed by atoms with Gasteiger partial charge in [-0.15, -0.1) is 5.10 Å². The van der Waals surface area contributed by atoms with Crippen LogP contribution in [-0.2, 0) is 6.42 Å². The van der Waals surface area contributed by atoms with Crippen LogP contribution < -0.4 is 15.8 Å². The Balaban J connectivity index is 1.85. The minimum absolute atomic E-state index is 0.314. The van der Waals surface area contributed by atoms with Gasteiger partial charge in [0.2, 0.25) is 11.9 Å². The molecule has 0 aliphatic carbocycles. The predicted octanol–water partition coefficient (Wildman–Crippen LogP) is 1.05. The van der Waals surface area contributed by atoms with Crippen molar-refractivity contribution in [3.63, 3.8) is 0 Å². The van der Waals surface area contributed by atoms with Crippen LogP contribution in [0.2, 0.25) is 0 Å². The molecule has 90 valence electrons. The summed E-state index contributed by atoms with van der Waals surface area (Å²) in [6, 6.07) is 7.95. The van der Waals surface area contributed by atoms with Crippen LogP contribution in [0.1, 0.15) is 5.56 Å². The number of hydrogen-bond donors (Lipinski definition) is 3. The molecule has 0 amide bonds. The van der Waals surface area contributed by atoms with E-state index in [0.29, 0.717) is 11.9 Å². The van der Waals surface area contributed by atoms with Gasteiger partial charge in [-0.2, -0.15) is 4.98 Å². The predicted molar refractivity (Wildman–Crippen MR) is 66.0 cm³/mol. The van der Waals surface area contributed by atoms with Gasteiger partial charge in [0.1, 0.15) is 5.75 Å². The summed E-state index contributed by atoms with van der Waals surface area (Å²) in [5.74, 6) is 1.70. The Bertz CT molecular complexity index is 482. The first kappa shape index (κ1) is 11.3. The topological polar surface area (TPSA) is 88.8 Å². The van der Waals surface area contributed by atoms with Crippen molar-refractivity contribution >= 4 is 11.9 Å². The van der Waals surface area contributed by atoms with Crippen LogP contribution in [0.25, 0.3) is 0 Å². The average molecular weight is 233 g/mol. The number of ether oxygens (including phenoxy) is 1. The highest BCUT2D eigenvalue weighted by Crippen LogP contribution is 2.12. The summed E-state index contributed by atoms with van der Waals surface area (Å²) in [6.07, 6.45) is 0.867. The summed E-state index contributed by atoms with van der Waals surface area (Å²) < 4.78 is 5.16. The molecule has 0 saturated carbocycles. The Hall–Kier alpha value is -2.24. The SMILES string of the molecule is COc1cccc(CCNc2n[nH]c(N)n2)c1. The first-order valence-corrected chi connectivity index (χ1v) is 5.32. The molecule has 1 aromatic heterocycles.